The molecular formula is C11H22N2OS. The summed E-state index contributed by atoms with van der Waals surface area (Å²) >= 11 is 2.08. The van der Waals surface area contributed by atoms with Gasteiger partial charge in [-0.05, 0) is 19.2 Å². The van der Waals surface area contributed by atoms with Crippen LogP contribution in [-0.2, 0) is 4.74 Å². The van der Waals surface area contributed by atoms with Crippen LogP contribution in [0, 0.1) is 0 Å². The minimum absolute atomic E-state index is 0.390. The van der Waals surface area contributed by atoms with E-state index in [9.17, 15) is 0 Å². The molecule has 3 nitrogen and oxygen atoms in total. The SMILES string of the molecule is CC1SCCC1NCC1CN(C)CCO1. The molecule has 2 aliphatic heterocycles. The molecule has 0 aromatic heterocycles. The molecule has 2 saturated heterocycles. The van der Waals surface area contributed by atoms with Crippen LogP contribution in [-0.4, -0.2) is 61.3 Å². The van der Waals surface area contributed by atoms with Gasteiger partial charge in [-0.2, -0.15) is 11.8 Å². The predicted molar refractivity (Wildman–Crippen MR) is 65.6 cm³/mol. The van der Waals surface area contributed by atoms with Gasteiger partial charge in [-0.1, -0.05) is 6.92 Å². The summed E-state index contributed by atoms with van der Waals surface area (Å²) in [6, 6.07) is 0.700. The van der Waals surface area contributed by atoms with E-state index < -0.39 is 0 Å². The summed E-state index contributed by atoms with van der Waals surface area (Å²) in [5.74, 6) is 1.31. The predicted octanol–water partition coefficient (Wildman–Crippen LogP) is 0.801. The molecule has 3 unspecified atom stereocenters. The van der Waals surface area contributed by atoms with Gasteiger partial charge in [0.15, 0.2) is 0 Å². The van der Waals surface area contributed by atoms with Crippen LogP contribution in [0.3, 0.4) is 0 Å². The van der Waals surface area contributed by atoms with Gasteiger partial charge in [0, 0.05) is 30.9 Å². The minimum Gasteiger partial charge on any atom is -0.374 e. The molecule has 1 N–H and O–H groups in total. The van der Waals surface area contributed by atoms with E-state index in [1.165, 1.54) is 12.2 Å². The normalized spacial score (nSPS) is 38.4. The first-order valence-electron chi connectivity index (χ1n) is 5.91. The van der Waals surface area contributed by atoms with Gasteiger partial charge >= 0.3 is 0 Å². The van der Waals surface area contributed by atoms with Crippen LogP contribution in [0.25, 0.3) is 0 Å². The Morgan fingerprint density at radius 3 is 3.07 bits per heavy atom. The second kappa shape index (κ2) is 5.53. The maximum absolute atomic E-state index is 5.73. The molecule has 0 spiro atoms. The van der Waals surface area contributed by atoms with Crippen molar-refractivity contribution < 1.29 is 4.74 Å². The van der Waals surface area contributed by atoms with Crippen LogP contribution in [0.2, 0.25) is 0 Å². The average Bonchev–Trinajstić information content (AvgIpc) is 2.61. The van der Waals surface area contributed by atoms with E-state index in [2.05, 4.69) is 35.9 Å². The van der Waals surface area contributed by atoms with Gasteiger partial charge in [-0.15, -0.1) is 0 Å². The number of rotatable bonds is 3. The Morgan fingerprint density at radius 2 is 2.40 bits per heavy atom. The molecule has 2 fully saturated rings. The number of hydrogen-bond donors (Lipinski definition) is 1. The van der Waals surface area contributed by atoms with E-state index in [1.54, 1.807) is 0 Å². The zero-order valence-electron chi connectivity index (χ0n) is 9.74. The molecule has 0 bridgehead atoms. The first kappa shape index (κ1) is 11.7. The third-order valence-corrected chi connectivity index (χ3v) is 4.65. The number of nitrogens with zero attached hydrogens (tertiary/aromatic N) is 1. The lowest BCUT2D eigenvalue weighted by Gasteiger charge is -2.31. The highest BCUT2D eigenvalue weighted by atomic mass is 32.2. The van der Waals surface area contributed by atoms with E-state index in [0.29, 0.717) is 12.1 Å². The van der Waals surface area contributed by atoms with E-state index in [1.807, 2.05) is 0 Å². The fourth-order valence-corrected chi connectivity index (χ4v) is 3.50. The Hall–Kier alpha value is 0.230. The molecule has 88 valence electrons. The van der Waals surface area contributed by atoms with Crippen LogP contribution in [0.5, 0.6) is 0 Å². The molecule has 2 heterocycles. The Morgan fingerprint density at radius 1 is 1.53 bits per heavy atom. The molecule has 2 rings (SSSR count). The molecule has 0 aliphatic carbocycles. The van der Waals surface area contributed by atoms with Crippen LogP contribution in [0.1, 0.15) is 13.3 Å². The van der Waals surface area contributed by atoms with Gasteiger partial charge in [0.2, 0.25) is 0 Å². The van der Waals surface area contributed by atoms with Crippen LogP contribution >= 0.6 is 11.8 Å². The third kappa shape index (κ3) is 3.34. The fraction of sp³-hybridized carbons (Fsp3) is 1.00. The number of thioether (sulfide) groups is 1. The Balaban J connectivity index is 1.68. The van der Waals surface area contributed by atoms with E-state index in [-0.39, 0.29) is 0 Å². The Bertz CT molecular complexity index is 203. The summed E-state index contributed by atoms with van der Waals surface area (Å²) in [6.45, 7) is 6.37. The van der Waals surface area contributed by atoms with Gasteiger partial charge in [0.05, 0.1) is 12.7 Å². The third-order valence-electron chi connectivity index (χ3n) is 3.33. The number of nitrogens with one attached hydrogen (secondary N) is 1. The van der Waals surface area contributed by atoms with Gasteiger partial charge in [0.1, 0.15) is 0 Å². The molecular weight excluding hydrogens is 208 g/mol. The lowest BCUT2D eigenvalue weighted by molar-refractivity contribution is -0.0191. The van der Waals surface area contributed by atoms with Crippen molar-refractivity contribution in [3.8, 4) is 0 Å². The molecule has 15 heavy (non-hydrogen) atoms. The summed E-state index contributed by atoms with van der Waals surface area (Å²) in [6.07, 6.45) is 1.70. The Labute approximate surface area is 96.9 Å². The first-order chi connectivity index (χ1) is 7.25. The lowest BCUT2D eigenvalue weighted by Crippen LogP contribution is -2.47. The topological polar surface area (TPSA) is 24.5 Å². The first-order valence-corrected chi connectivity index (χ1v) is 6.95. The van der Waals surface area contributed by atoms with Gasteiger partial charge < -0.3 is 15.0 Å². The van der Waals surface area contributed by atoms with Crippen molar-refractivity contribution in [2.24, 2.45) is 0 Å². The highest BCUT2D eigenvalue weighted by Crippen LogP contribution is 2.26. The molecule has 0 saturated carbocycles. The van der Waals surface area contributed by atoms with Crippen molar-refractivity contribution in [2.75, 3.05) is 39.0 Å². The van der Waals surface area contributed by atoms with Crippen molar-refractivity contribution in [3.05, 3.63) is 0 Å². The summed E-state index contributed by atoms with van der Waals surface area (Å²) in [5.41, 5.74) is 0. The summed E-state index contributed by atoms with van der Waals surface area (Å²) in [7, 11) is 2.17. The fourth-order valence-electron chi connectivity index (χ4n) is 2.27. The van der Waals surface area contributed by atoms with Gasteiger partial charge in [-0.3, -0.25) is 0 Å². The summed E-state index contributed by atoms with van der Waals surface area (Å²) in [5, 5.41) is 4.42. The standard InChI is InChI=1S/C11H22N2OS/c1-9-11(3-6-15-9)12-7-10-8-13(2)4-5-14-10/h9-12H,3-8H2,1-2H3. The van der Waals surface area contributed by atoms with Gasteiger partial charge in [0.25, 0.3) is 0 Å². The van der Waals surface area contributed by atoms with Crippen LogP contribution < -0.4 is 5.32 Å². The molecule has 3 atom stereocenters. The molecule has 0 radical (unpaired) electrons. The van der Waals surface area contributed by atoms with Crippen molar-refractivity contribution >= 4 is 11.8 Å². The smallest absolute Gasteiger partial charge is 0.0826 e. The van der Waals surface area contributed by atoms with Crippen LogP contribution in [0.4, 0.5) is 0 Å². The van der Waals surface area contributed by atoms with Crippen molar-refractivity contribution in [2.45, 2.75) is 30.7 Å². The highest BCUT2D eigenvalue weighted by molar-refractivity contribution is 8.00. The lowest BCUT2D eigenvalue weighted by atomic mass is 10.1. The van der Waals surface area contributed by atoms with E-state index in [4.69, 9.17) is 4.74 Å². The monoisotopic (exact) mass is 230 g/mol. The maximum Gasteiger partial charge on any atom is 0.0826 e. The Kier molecular flexibility index (Phi) is 4.31. The van der Waals surface area contributed by atoms with E-state index >= 15 is 0 Å². The number of morpholine rings is 1. The van der Waals surface area contributed by atoms with E-state index in [0.717, 1.165) is 31.5 Å². The minimum atomic E-state index is 0.390. The summed E-state index contributed by atoms with van der Waals surface area (Å²) in [4.78, 5) is 2.35. The highest BCUT2D eigenvalue weighted by Gasteiger charge is 2.25. The van der Waals surface area contributed by atoms with Crippen molar-refractivity contribution in [1.82, 2.24) is 10.2 Å². The maximum atomic E-state index is 5.73. The average molecular weight is 230 g/mol. The number of likely N-dealkylation sites (N-methyl/N-ethyl adjacent to an activating group) is 1. The van der Waals surface area contributed by atoms with Gasteiger partial charge in [-0.25, -0.2) is 0 Å². The largest absolute Gasteiger partial charge is 0.374 e. The zero-order chi connectivity index (χ0) is 10.7. The zero-order valence-corrected chi connectivity index (χ0v) is 10.6. The van der Waals surface area contributed by atoms with Crippen LogP contribution in [0.15, 0.2) is 0 Å². The number of ether oxygens (including phenoxy) is 1. The second-order valence-electron chi connectivity index (χ2n) is 4.63. The molecule has 0 aromatic carbocycles. The number of hydrogen-bond acceptors (Lipinski definition) is 4. The molecule has 0 aromatic rings. The molecule has 4 heteroatoms. The van der Waals surface area contributed by atoms with Crippen molar-refractivity contribution in [3.63, 3.8) is 0 Å². The second-order valence-corrected chi connectivity index (χ2v) is 6.12. The molecule has 2 aliphatic rings. The van der Waals surface area contributed by atoms with Crippen molar-refractivity contribution in [1.29, 1.82) is 0 Å². The molecule has 0 amide bonds. The quantitative estimate of drug-likeness (QED) is 0.775. The summed E-state index contributed by atoms with van der Waals surface area (Å²) < 4.78 is 5.73.